The third-order valence-corrected chi connectivity index (χ3v) is 6.76. The van der Waals surface area contributed by atoms with Gasteiger partial charge in [0.25, 0.3) is 5.91 Å². The molecular weight excluding hydrogens is 359 g/mol. The Bertz CT molecular complexity index is 838. The lowest BCUT2D eigenvalue weighted by molar-refractivity contribution is -0.132. The molecule has 0 bridgehead atoms. The monoisotopic (exact) mass is 376 g/mol. The topological polar surface area (TPSA) is 49.4 Å². The molecule has 3 amide bonds. The van der Waals surface area contributed by atoms with Crippen molar-refractivity contribution in [3.63, 3.8) is 0 Å². The summed E-state index contributed by atoms with van der Waals surface area (Å²) in [4.78, 5) is 28.4. The molecule has 1 aliphatic heterocycles. The van der Waals surface area contributed by atoms with E-state index in [1.807, 2.05) is 11.4 Å². The molecule has 1 aliphatic carbocycles. The third-order valence-electron chi connectivity index (χ3n) is 4.75. The molecule has 2 heterocycles. The Labute approximate surface area is 153 Å². The van der Waals surface area contributed by atoms with Crippen LogP contribution in [0, 0.1) is 5.82 Å². The molecule has 2 aromatic rings. The van der Waals surface area contributed by atoms with E-state index in [0.29, 0.717) is 17.1 Å². The van der Waals surface area contributed by atoms with Crippen molar-refractivity contribution >= 4 is 35.0 Å². The standard InChI is InChI=1S/C18H17FN2O2S2/c19-13-4-1-2-5-15(13)25-11-9-21-16(22)18(20-17(21)23)8-3-6-14-12(18)7-10-24-14/h1-2,4-5,7,10H,3,6,8-9,11H2,(H,20,23). The molecule has 7 heteroatoms. The van der Waals surface area contributed by atoms with Crippen molar-refractivity contribution in [2.45, 2.75) is 29.7 Å². The number of nitrogens with zero attached hydrogens (tertiary/aromatic N) is 1. The molecule has 1 aromatic heterocycles. The molecule has 0 radical (unpaired) electrons. The number of carbonyl (C=O) groups is 2. The van der Waals surface area contributed by atoms with Gasteiger partial charge in [-0.2, -0.15) is 0 Å². The van der Waals surface area contributed by atoms with Crippen molar-refractivity contribution in [2.24, 2.45) is 0 Å². The number of imide groups is 1. The average Bonchev–Trinajstić information content (AvgIpc) is 3.17. The SMILES string of the molecule is O=C1NC2(CCCc3sccc32)C(=O)N1CCSc1ccccc1F. The minimum atomic E-state index is -0.896. The smallest absolute Gasteiger partial charge is 0.319 e. The number of rotatable bonds is 4. The molecule has 130 valence electrons. The van der Waals surface area contributed by atoms with Gasteiger partial charge in [0.1, 0.15) is 11.4 Å². The van der Waals surface area contributed by atoms with Crippen LogP contribution in [0.4, 0.5) is 9.18 Å². The predicted molar refractivity (Wildman–Crippen MR) is 96.3 cm³/mol. The van der Waals surface area contributed by atoms with Gasteiger partial charge in [-0.25, -0.2) is 9.18 Å². The number of hydrogen-bond donors (Lipinski definition) is 1. The minimum absolute atomic E-state index is 0.175. The molecule has 1 spiro atoms. The molecule has 1 N–H and O–H groups in total. The zero-order valence-corrected chi connectivity index (χ0v) is 15.1. The zero-order valence-electron chi connectivity index (χ0n) is 13.5. The van der Waals surface area contributed by atoms with Crippen LogP contribution in [-0.2, 0) is 16.8 Å². The second-order valence-corrected chi connectivity index (χ2v) is 8.32. The van der Waals surface area contributed by atoms with Crippen molar-refractivity contribution in [3.8, 4) is 0 Å². The third kappa shape index (κ3) is 2.75. The van der Waals surface area contributed by atoms with Crippen LogP contribution in [0.15, 0.2) is 40.6 Å². The summed E-state index contributed by atoms with van der Waals surface area (Å²) in [5.41, 5.74) is 0.0548. The van der Waals surface area contributed by atoms with Gasteiger partial charge in [0.15, 0.2) is 0 Å². The zero-order chi connectivity index (χ0) is 17.4. The van der Waals surface area contributed by atoms with Crippen molar-refractivity contribution in [1.82, 2.24) is 10.2 Å². The molecule has 1 aromatic carbocycles. The van der Waals surface area contributed by atoms with E-state index in [2.05, 4.69) is 5.32 Å². The van der Waals surface area contributed by atoms with Gasteiger partial charge in [0, 0.05) is 27.6 Å². The summed E-state index contributed by atoms with van der Waals surface area (Å²) in [5, 5.41) is 4.91. The number of carbonyl (C=O) groups excluding carboxylic acids is 2. The fourth-order valence-corrected chi connectivity index (χ4v) is 5.43. The Balaban J connectivity index is 1.49. The first-order chi connectivity index (χ1) is 12.1. The highest BCUT2D eigenvalue weighted by atomic mass is 32.2. The van der Waals surface area contributed by atoms with Crippen molar-refractivity contribution in [2.75, 3.05) is 12.3 Å². The molecule has 4 nitrogen and oxygen atoms in total. The molecule has 1 unspecified atom stereocenters. The van der Waals surface area contributed by atoms with Crippen molar-refractivity contribution in [3.05, 3.63) is 52.0 Å². The van der Waals surface area contributed by atoms with E-state index < -0.39 is 5.54 Å². The van der Waals surface area contributed by atoms with Crippen molar-refractivity contribution in [1.29, 1.82) is 0 Å². The Morgan fingerprint density at radius 3 is 2.96 bits per heavy atom. The van der Waals surface area contributed by atoms with E-state index in [-0.39, 0.29) is 24.3 Å². The fraction of sp³-hybridized carbons (Fsp3) is 0.333. The average molecular weight is 376 g/mol. The first-order valence-corrected chi connectivity index (χ1v) is 10.1. The molecule has 2 aliphatic rings. The van der Waals surface area contributed by atoms with E-state index in [9.17, 15) is 14.0 Å². The van der Waals surface area contributed by atoms with E-state index in [4.69, 9.17) is 0 Å². The normalized spacial score (nSPS) is 22.4. The number of nitrogens with one attached hydrogen (secondary N) is 1. The van der Waals surface area contributed by atoms with E-state index in [0.717, 1.165) is 18.4 Å². The maximum Gasteiger partial charge on any atom is 0.325 e. The van der Waals surface area contributed by atoms with Crippen LogP contribution >= 0.6 is 23.1 Å². The number of thiophene rings is 1. The number of fused-ring (bicyclic) bond motifs is 2. The van der Waals surface area contributed by atoms with Crippen molar-refractivity contribution < 1.29 is 14.0 Å². The predicted octanol–water partition coefficient (Wildman–Crippen LogP) is 3.76. The van der Waals surface area contributed by atoms with Crippen LogP contribution in [0.1, 0.15) is 23.3 Å². The maximum absolute atomic E-state index is 13.7. The Morgan fingerprint density at radius 2 is 2.12 bits per heavy atom. The summed E-state index contributed by atoms with van der Waals surface area (Å²) in [6.45, 7) is 0.269. The van der Waals surface area contributed by atoms with E-state index in [1.54, 1.807) is 29.5 Å². The summed E-state index contributed by atoms with van der Waals surface area (Å²) in [6, 6.07) is 8.13. The van der Waals surface area contributed by atoms with Gasteiger partial charge >= 0.3 is 6.03 Å². The Hall–Kier alpha value is -1.86. The summed E-state index contributed by atoms with van der Waals surface area (Å²) in [7, 11) is 0. The molecule has 0 saturated carbocycles. The number of urea groups is 1. The number of thioether (sulfide) groups is 1. The molecule has 25 heavy (non-hydrogen) atoms. The largest absolute Gasteiger partial charge is 0.325 e. The minimum Gasteiger partial charge on any atom is -0.319 e. The summed E-state index contributed by atoms with van der Waals surface area (Å²) in [6.07, 6.45) is 2.48. The first-order valence-electron chi connectivity index (χ1n) is 8.20. The van der Waals surface area contributed by atoms with E-state index >= 15 is 0 Å². The summed E-state index contributed by atoms with van der Waals surface area (Å²) in [5.74, 6) is 0.00879. The number of aryl methyl sites for hydroxylation is 1. The van der Waals surface area contributed by atoms with Crippen LogP contribution in [0.3, 0.4) is 0 Å². The van der Waals surface area contributed by atoms with Crippen LogP contribution in [0.5, 0.6) is 0 Å². The van der Waals surface area contributed by atoms with Crippen LogP contribution in [0.25, 0.3) is 0 Å². The second kappa shape index (κ2) is 6.46. The second-order valence-electron chi connectivity index (χ2n) is 6.18. The number of hydrogen-bond acceptors (Lipinski definition) is 4. The van der Waals surface area contributed by atoms with Crippen LogP contribution in [0.2, 0.25) is 0 Å². The number of halogens is 1. The lowest BCUT2D eigenvalue weighted by Gasteiger charge is -2.31. The lowest BCUT2D eigenvalue weighted by Crippen LogP contribution is -2.46. The van der Waals surface area contributed by atoms with Gasteiger partial charge in [-0.1, -0.05) is 12.1 Å². The van der Waals surface area contributed by atoms with Gasteiger partial charge < -0.3 is 5.32 Å². The first kappa shape index (κ1) is 16.6. The van der Waals surface area contributed by atoms with Gasteiger partial charge in [0.05, 0.1) is 0 Å². The maximum atomic E-state index is 13.7. The Morgan fingerprint density at radius 1 is 1.28 bits per heavy atom. The van der Waals surface area contributed by atoms with E-state index in [1.165, 1.54) is 27.6 Å². The highest BCUT2D eigenvalue weighted by molar-refractivity contribution is 7.99. The lowest BCUT2D eigenvalue weighted by atomic mass is 9.80. The number of benzene rings is 1. The van der Waals surface area contributed by atoms with Crippen LogP contribution in [-0.4, -0.2) is 29.1 Å². The van der Waals surface area contributed by atoms with Gasteiger partial charge in [-0.3, -0.25) is 9.69 Å². The molecule has 4 rings (SSSR count). The molecule has 1 saturated heterocycles. The van der Waals surface area contributed by atoms with Gasteiger partial charge in [-0.05, 0) is 42.8 Å². The highest BCUT2D eigenvalue weighted by Crippen LogP contribution is 2.42. The van der Waals surface area contributed by atoms with Crippen LogP contribution < -0.4 is 5.32 Å². The number of amides is 3. The fourth-order valence-electron chi connectivity index (χ4n) is 3.55. The quantitative estimate of drug-likeness (QED) is 0.653. The summed E-state index contributed by atoms with van der Waals surface area (Å²) < 4.78 is 13.7. The molecule has 1 fully saturated rings. The Kier molecular flexibility index (Phi) is 4.29. The molecule has 1 atom stereocenters. The summed E-state index contributed by atoms with van der Waals surface area (Å²) >= 11 is 2.95. The highest BCUT2D eigenvalue weighted by Gasteiger charge is 2.54. The van der Waals surface area contributed by atoms with Gasteiger partial charge in [0.2, 0.25) is 0 Å². The molecular formula is C18H17FN2O2S2. The van der Waals surface area contributed by atoms with Gasteiger partial charge in [-0.15, -0.1) is 23.1 Å².